The first kappa shape index (κ1) is 10.8. The minimum atomic E-state index is -0.243. The van der Waals surface area contributed by atoms with Gasteiger partial charge in [-0.05, 0) is 0 Å². The third-order valence-corrected chi connectivity index (χ3v) is 2.02. The number of hydrogen-bond acceptors (Lipinski definition) is 4. The highest BCUT2D eigenvalue weighted by Gasteiger charge is 2.36. The van der Waals surface area contributed by atoms with Crippen LogP contribution in [0.1, 0.15) is 0 Å². The Labute approximate surface area is 82.6 Å². The van der Waals surface area contributed by atoms with E-state index in [1.165, 1.54) is 6.21 Å². The predicted molar refractivity (Wildman–Crippen MR) is 51.8 cm³/mol. The zero-order valence-corrected chi connectivity index (χ0v) is 8.36. The molecule has 1 unspecified atom stereocenters. The summed E-state index contributed by atoms with van der Waals surface area (Å²) in [5, 5.41) is 6.53. The van der Waals surface area contributed by atoms with Crippen LogP contribution in [0.2, 0.25) is 0 Å². The van der Waals surface area contributed by atoms with E-state index in [1.807, 2.05) is 0 Å². The van der Waals surface area contributed by atoms with Gasteiger partial charge in [0.05, 0.1) is 12.8 Å². The molecule has 0 fully saturated rings. The van der Waals surface area contributed by atoms with Crippen LogP contribution in [0.25, 0.3) is 0 Å². The largest absolute Gasteiger partial charge is 0.379 e. The third kappa shape index (κ3) is 1.98. The van der Waals surface area contributed by atoms with Crippen LogP contribution in [0.3, 0.4) is 0 Å². The number of nitrogens with two attached hydrogens (primary N) is 1. The van der Waals surface area contributed by atoms with Gasteiger partial charge in [-0.25, -0.2) is 0 Å². The van der Waals surface area contributed by atoms with E-state index in [-0.39, 0.29) is 10.6 Å². The van der Waals surface area contributed by atoms with Gasteiger partial charge in [0, 0.05) is 20.2 Å². The van der Waals surface area contributed by atoms with Crippen molar-refractivity contribution in [2.45, 2.75) is 0 Å². The maximum Gasteiger partial charge on any atom is 0.309 e. The number of nitrogens with zero attached hydrogens (tertiary/aromatic N) is 2. The van der Waals surface area contributed by atoms with E-state index < -0.39 is 0 Å². The zero-order valence-electron chi connectivity index (χ0n) is 8.36. The number of hydrogen-bond donors (Lipinski definition) is 2. The smallest absolute Gasteiger partial charge is 0.309 e. The number of methoxy groups -OCH3 is 1. The minimum Gasteiger partial charge on any atom is -0.379 e. The first-order chi connectivity index (χ1) is 6.64. The molecule has 1 rings (SSSR count). The Balaban J connectivity index is 2.73. The van der Waals surface area contributed by atoms with E-state index in [4.69, 9.17) is 10.6 Å². The van der Waals surface area contributed by atoms with Crippen LogP contribution in [0.15, 0.2) is 16.9 Å². The number of amides is 1. The summed E-state index contributed by atoms with van der Waals surface area (Å²) in [5.74, 6) is 5.68. The third-order valence-electron chi connectivity index (χ3n) is 2.02. The molecular formula is C8H15N4O2+. The molecular weight excluding hydrogens is 184 g/mol. The lowest BCUT2D eigenvalue weighted by Gasteiger charge is -2.23. The summed E-state index contributed by atoms with van der Waals surface area (Å²) in [6.07, 6.45) is 3.13. The van der Waals surface area contributed by atoms with Crippen LogP contribution in [-0.2, 0) is 9.53 Å². The van der Waals surface area contributed by atoms with Gasteiger partial charge in [-0.15, -0.1) is 5.84 Å². The van der Waals surface area contributed by atoms with Crippen LogP contribution >= 0.6 is 0 Å². The van der Waals surface area contributed by atoms with E-state index in [9.17, 15) is 4.79 Å². The van der Waals surface area contributed by atoms with E-state index in [1.54, 1.807) is 20.2 Å². The standard InChI is InChI=1S/C8H14N4O2/c1-10-8(13)7-3-4-11-12(7,9)5-6-14-2/h3-4H,5-6,9H2,1-2H3/p+1. The summed E-state index contributed by atoms with van der Waals surface area (Å²) >= 11 is 0. The Morgan fingerprint density at radius 1 is 1.79 bits per heavy atom. The predicted octanol–water partition coefficient (Wildman–Crippen LogP) is -1.05. The Bertz CT molecular complexity index is 287. The summed E-state index contributed by atoms with van der Waals surface area (Å²) in [4.78, 5) is 11.4. The molecule has 0 aromatic carbocycles. The van der Waals surface area contributed by atoms with Gasteiger partial charge in [0.2, 0.25) is 5.70 Å². The van der Waals surface area contributed by atoms with Gasteiger partial charge >= 0.3 is 5.91 Å². The van der Waals surface area contributed by atoms with Crippen LogP contribution in [0.4, 0.5) is 0 Å². The van der Waals surface area contributed by atoms with Crippen molar-refractivity contribution in [3.63, 3.8) is 0 Å². The van der Waals surface area contributed by atoms with Crippen molar-refractivity contribution in [2.75, 3.05) is 27.3 Å². The molecule has 0 aliphatic carbocycles. The molecule has 0 saturated carbocycles. The van der Waals surface area contributed by atoms with Gasteiger partial charge in [-0.2, -0.15) is 0 Å². The molecule has 3 N–H and O–H groups in total. The molecule has 6 nitrogen and oxygen atoms in total. The fourth-order valence-corrected chi connectivity index (χ4v) is 1.20. The first-order valence-corrected chi connectivity index (χ1v) is 4.28. The lowest BCUT2D eigenvalue weighted by molar-refractivity contribution is -0.904. The molecule has 1 amide bonds. The van der Waals surface area contributed by atoms with Gasteiger partial charge in [-0.1, -0.05) is 9.80 Å². The van der Waals surface area contributed by atoms with Gasteiger partial charge in [-0.3, -0.25) is 4.79 Å². The summed E-state index contributed by atoms with van der Waals surface area (Å²) in [5.41, 5.74) is 0.421. The molecule has 78 valence electrons. The van der Waals surface area contributed by atoms with Crippen molar-refractivity contribution in [1.29, 1.82) is 0 Å². The molecule has 1 aliphatic heterocycles. The van der Waals surface area contributed by atoms with Gasteiger partial charge < -0.3 is 10.1 Å². The molecule has 0 radical (unpaired) electrons. The SMILES string of the molecule is CNC(=O)C1=CC=N[N+]1(N)CCOC. The molecule has 14 heavy (non-hydrogen) atoms. The Kier molecular flexibility index (Phi) is 3.34. The zero-order chi connectivity index (χ0) is 10.6. The van der Waals surface area contributed by atoms with Gasteiger partial charge in [0.25, 0.3) is 0 Å². The van der Waals surface area contributed by atoms with Gasteiger partial charge in [0.15, 0.2) is 6.54 Å². The lowest BCUT2D eigenvalue weighted by Crippen LogP contribution is -2.52. The van der Waals surface area contributed by atoms with Crippen LogP contribution in [-0.4, -0.2) is 44.1 Å². The second-order valence-electron chi connectivity index (χ2n) is 2.94. The van der Waals surface area contributed by atoms with Crippen molar-refractivity contribution in [2.24, 2.45) is 10.9 Å². The van der Waals surface area contributed by atoms with E-state index in [0.717, 1.165) is 0 Å². The summed E-state index contributed by atoms with van der Waals surface area (Å²) in [7, 11) is 3.14. The van der Waals surface area contributed by atoms with Crippen LogP contribution < -0.4 is 11.2 Å². The molecule has 0 aromatic rings. The molecule has 1 aliphatic rings. The van der Waals surface area contributed by atoms with Crippen molar-refractivity contribution < 1.29 is 14.2 Å². The monoisotopic (exact) mass is 199 g/mol. The topological polar surface area (TPSA) is 76.7 Å². The second kappa shape index (κ2) is 4.32. The maximum atomic E-state index is 11.4. The van der Waals surface area contributed by atoms with E-state index in [0.29, 0.717) is 18.8 Å². The van der Waals surface area contributed by atoms with Crippen LogP contribution in [0, 0.1) is 0 Å². The summed E-state index contributed by atoms with van der Waals surface area (Å²) < 4.78 is 4.66. The average Bonchev–Trinajstić information content (AvgIpc) is 2.57. The average molecular weight is 199 g/mol. The number of rotatable bonds is 4. The second-order valence-corrected chi connectivity index (χ2v) is 2.94. The molecule has 1 heterocycles. The fraction of sp³-hybridized carbons (Fsp3) is 0.500. The molecule has 0 bridgehead atoms. The summed E-state index contributed by atoms with van der Waals surface area (Å²) in [6.45, 7) is 0.883. The van der Waals surface area contributed by atoms with Crippen molar-refractivity contribution in [3.8, 4) is 0 Å². The van der Waals surface area contributed by atoms with Crippen molar-refractivity contribution >= 4 is 12.1 Å². The molecule has 0 aromatic heterocycles. The highest BCUT2D eigenvalue weighted by atomic mass is 16.5. The first-order valence-electron chi connectivity index (χ1n) is 4.28. The number of nitrogens with one attached hydrogen (secondary N) is 1. The number of carbonyl (C=O) groups is 1. The van der Waals surface area contributed by atoms with E-state index >= 15 is 0 Å². The summed E-state index contributed by atoms with van der Waals surface area (Å²) in [6, 6.07) is 0. The minimum absolute atomic E-state index is 0.221. The highest BCUT2D eigenvalue weighted by molar-refractivity contribution is 5.96. The molecule has 1 atom stereocenters. The molecule has 0 spiro atoms. The number of carbonyl (C=O) groups excluding carboxylic acids is 1. The van der Waals surface area contributed by atoms with Crippen molar-refractivity contribution in [1.82, 2.24) is 5.32 Å². The molecule has 6 heteroatoms. The molecule has 0 saturated heterocycles. The lowest BCUT2D eigenvalue weighted by atomic mass is 10.3. The Morgan fingerprint density at radius 3 is 3.07 bits per heavy atom. The number of ether oxygens (including phenoxy) is 1. The fourth-order valence-electron chi connectivity index (χ4n) is 1.20. The van der Waals surface area contributed by atoms with Crippen molar-refractivity contribution in [3.05, 3.63) is 11.8 Å². The van der Waals surface area contributed by atoms with Crippen LogP contribution in [0.5, 0.6) is 0 Å². The van der Waals surface area contributed by atoms with E-state index in [2.05, 4.69) is 10.4 Å². The maximum absolute atomic E-state index is 11.4. The Morgan fingerprint density at radius 2 is 2.50 bits per heavy atom. The highest BCUT2D eigenvalue weighted by Crippen LogP contribution is 2.16. The Hall–Kier alpha value is -1.24. The quantitative estimate of drug-likeness (QED) is 0.448. The normalized spacial score (nSPS) is 24.9. The number of quaternary nitrogens is 1. The van der Waals surface area contributed by atoms with Gasteiger partial charge in [0.1, 0.15) is 0 Å². The number of allylic oxidation sites excluding steroid dienone is 1. The number of likely N-dealkylation sites (N-methyl/N-ethyl adjacent to an activating group) is 1.